The van der Waals surface area contributed by atoms with Crippen molar-refractivity contribution in [2.45, 2.75) is 52.4 Å². The smallest absolute Gasteiger partial charge is 0.252 e. The van der Waals surface area contributed by atoms with E-state index in [9.17, 15) is 4.79 Å². The zero-order chi connectivity index (χ0) is 27.0. The molecule has 0 amide bonds. The Bertz CT molecular complexity index is 1550. The number of hydrogen-bond acceptors (Lipinski definition) is 6. The van der Waals surface area contributed by atoms with Gasteiger partial charge in [-0.2, -0.15) is 0 Å². The highest BCUT2D eigenvalue weighted by molar-refractivity contribution is 5.80. The number of pyridine rings is 1. The number of aromatic nitrogens is 5. The van der Waals surface area contributed by atoms with Crippen molar-refractivity contribution in [2.75, 3.05) is 6.61 Å². The number of tetrazole rings is 1. The molecule has 0 aliphatic rings. The summed E-state index contributed by atoms with van der Waals surface area (Å²) in [4.78, 5) is 18.5. The first-order valence-electron chi connectivity index (χ1n) is 13.5. The third-order valence-corrected chi connectivity index (χ3v) is 6.95. The van der Waals surface area contributed by atoms with Gasteiger partial charge in [-0.15, -0.1) is 5.10 Å². The van der Waals surface area contributed by atoms with Crippen LogP contribution in [0.1, 0.15) is 48.8 Å². The van der Waals surface area contributed by atoms with Crippen LogP contribution in [0.5, 0.6) is 5.75 Å². The van der Waals surface area contributed by atoms with E-state index in [0.717, 1.165) is 40.9 Å². The lowest BCUT2D eigenvalue weighted by Crippen LogP contribution is -2.32. The molecule has 0 radical (unpaired) electrons. The van der Waals surface area contributed by atoms with Gasteiger partial charge in [-0.25, -0.2) is 4.68 Å². The minimum absolute atomic E-state index is 0.0826. The van der Waals surface area contributed by atoms with Gasteiger partial charge in [-0.05, 0) is 65.6 Å². The standard InChI is InChI=1S/C31H34N6O2/c1-3-29(30-33-34-35-37(30)18-17-23-11-7-5-8-12-23)36(21-24-13-9-6-10-14-24)22-26-19-25-20-27(39-4-2)15-16-28(25)32-31(26)38/h5-16,19-20,29H,3-4,17-18,21-22H2,1-2H3,(H,32,38). The molecule has 3 aromatic carbocycles. The summed E-state index contributed by atoms with van der Waals surface area (Å²) in [5.74, 6) is 1.59. The predicted molar refractivity (Wildman–Crippen MR) is 152 cm³/mol. The van der Waals surface area contributed by atoms with Crippen LogP contribution in [-0.4, -0.2) is 36.7 Å². The molecule has 8 nitrogen and oxygen atoms in total. The van der Waals surface area contributed by atoms with Crippen LogP contribution in [0.4, 0.5) is 0 Å². The Balaban J connectivity index is 1.47. The summed E-state index contributed by atoms with van der Waals surface area (Å²) < 4.78 is 7.59. The number of H-pyrrole nitrogens is 1. The van der Waals surface area contributed by atoms with Gasteiger partial charge in [0.25, 0.3) is 5.56 Å². The summed E-state index contributed by atoms with van der Waals surface area (Å²) in [5.41, 5.74) is 3.79. The molecule has 1 atom stereocenters. The third-order valence-electron chi connectivity index (χ3n) is 6.95. The Kier molecular flexibility index (Phi) is 8.43. The summed E-state index contributed by atoms with van der Waals surface area (Å²) in [6.07, 6.45) is 1.62. The van der Waals surface area contributed by atoms with Crippen LogP contribution >= 0.6 is 0 Å². The number of benzene rings is 3. The molecule has 1 N–H and O–H groups in total. The molecule has 5 aromatic rings. The molecule has 2 heterocycles. The minimum Gasteiger partial charge on any atom is -0.494 e. The van der Waals surface area contributed by atoms with E-state index in [1.54, 1.807) is 0 Å². The molecular weight excluding hydrogens is 488 g/mol. The maximum atomic E-state index is 13.2. The van der Waals surface area contributed by atoms with E-state index in [2.05, 4.69) is 56.6 Å². The van der Waals surface area contributed by atoms with E-state index in [1.165, 1.54) is 5.56 Å². The van der Waals surface area contributed by atoms with E-state index in [0.29, 0.717) is 31.8 Å². The number of aryl methyl sites for hydroxylation is 2. The molecule has 0 aliphatic heterocycles. The third kappa shape index (κ3) is 6.41. The van der Waals surface area contributed by atoms with Crippen molar-refractivity contribution in [1.29, 1.82) is 0 Å². The van der Waals surface area contributed by atoms with Crippen molar-refractivity contribution in [1.82, 2.24) is 30.1 Å². The van der Waals surface area contributed by atoms with Crippen LogP contribution in [-0.2, 0) is 26.1 Å². The Hall–Kier alpha value is -4.30. The quantitative estimate of drug-likeness (QED) is 0.239. The lowest BCUT2D eigenvalue weighted by molar-refractivity contribution is 0.160. The van der Waals surface area contributed by atoms with Crippen LogP contribution in [0.3, 0.4) is 0 Å². The summed E-state index contributed by atoms with van der Waals surface area (Å²) in [6.45, 7) is 6.47. The second kappa shape index (κ2) is 12.5. The maximum absolute atomic E-state index is 13.2. The zero-order valence-corrected chi connectivity index (χ0v) is 22.5. The summed E-state index contributed by atoms with van der Waals surface area (Å²) in [5, 5.41) is 13.8. The van der Waals surface area contributed by atoms with Gasteiger partial charge in [0.1, 0.15) is 5.75 Å². The molecule has 0 fully saturated rings. The maximum Gasteiger partial charge on any atom is 0.252 e. The van der Waals surface area contributed by atoms with Crippen molar-refractivity contribution in [3.8, 4) is 5.75 Å². The molecule has 2 aromatic heterocycles. The molecule has 8 heteroatoms. The fourth-order valence-electron chi connectivity index (χ4n) is 5.01. The highest BCUT2D eigenvalue weighted by Gasteiger charge is 2.26. The number of hydrogen-bond donors (Lipinski definition) is 1. The lowest BCUT2D eigenvalue weighted by atomic mass is 10.1. The topological polar surface area (TPSA) is 88.9 Å². The predicted octanol–water partition coefficient (Wildman–Crippen LogP) is 5.31. The highest BCUT2D eigenvalue weighted by Crippen LogP contribution is 2.27. The van der Waals surface area contributed by atoms with Crippen LogP contribution in [0.2, 0.25) is 0 Å². The van der Waals surface area contributed by atoms with Gasteiger partial charge in [0.05, 0.1) is 12.6 Å². The van der Waals surface area contributed by atoms with Gasteiger partial charge in [0, 0.05) is 36.1 Å². The molecule has 200 valence electrons. The number of rotatable bonds is 12. The molecule has 1 unspecified atom stereocenters. The first-order chi connectivity index (χ1) is 19.1. The van der Waals surface area contributed by atoms with Gasteiger partial charge in [0.15, 0.2) is 5.82 Å². The number of nitrogens with zero attached hydrogens (tertiary/aromatic N) is 5. The first kappa shape index (κ1) is 26.3. The Morgan fingerprint density at radius 1 is 0.923 bits per heavy atom. The fourth-order valence-corrected chi connectivity index (χ4v) is 5.01. The van der Waals surface area contributed by atoms with Gasteiger partial charge >= 0.3 is 0 Å². The van der Waals surface area contributed by atoms with Gasteiger partial charge < -0.3 is 9.72 Å². The van der Waals surface area contributed by atoms with Gasteiger partial charge in [-0.3, -0.25) is 9.69 Å². The molecule has 0 saturated heterocycles. The molecule has 0 aliphatic carbocycles. The molecule has 0 saturated carbocycles. The van der Waals surface area contributed by atoms with Gasteiger partial charge in [-0.1, -0.05) is 67.6 Å². The van der Waals surface area contributed by atoms with Gasteiger partial charge in [0.2, 0.25) is 0 Å². The number of ether oxygens (including phenoxy) is 1. The fraction of sp³-hybridized carbons (Fsp3) is 0.290. The Labute approximate surface area is 228 Å². The molecular formula is C31H34N6O2. The SMILES string of the molecule is CCOc1ccc2[nH]c(=O)c(CN(Cc3ccccc3)C(CC)c3nnnn3CCc3ccccc3)cc2c1. The van der Waals surface area contributed by atoms with E-state index >= 15 is 0 Å². The molecule has 0 bridgehead atoms. The molecule has 39 heavy (non-hydrogen) atoms. The number of aromatic amines is 1. The zero-order valence-electron chi connectivity index (χ0n) is 22.5. The second-order valence-corrected chi connectivity index (χ2v) is 9.62. The van der Waals surface area contributed by atoms with Crippen LogP contribution in [0, 0.1) is 0 Å². The first-order valence-corrected chi connectivity index (χ1v) is 13.5. The monoisotopic (exact) mass is 522 g/mol. The van der Waals surface area contributed by atoms with E-state index in [4.69, 9.17) is 4.74 Å². The van der Waals surface area contributed by atoms with E-state index in [1.807, 2.05) is 72.3 Å². The largest absolute Gasteiger partial charge is 0.494 e. The van der Waals surface area contributed by atoms with Crippen molar-refractivity contribution >= 4 is 10.9 Å². The number of nitrogens with one attached hydrogen (secondary N) is 1. The van der Waals surface area contributed by atoms with Crippen molar-refractivity contribution in [3.05, 3.63) is 118 Å². The highest BCUT2D eigenvalue weighted by atomic mass is 16.5. The summed E-state index contributed by atoms with van der Waals surface area (Å²) >= 11 is 0. The minimum atomic E-state index is -0.0942. The van der Waals surface area contributed by atoms with Crippen molar-refractivity contribution < 1.29 is 4.74 Å². The van der Waals surface area contributed by atoms with Crippen molar-refractivity contribution in [3.63, 3.8) is 0 Å². The normalized spacial score (nSPS) is 12.2. The van der Waals surface area contributed by atoms with E-state index in [-0.39, 0.29) is 11.6 Å². The Morgan fingerprint density at radius 3 is 2.38 bits per heavy atom. The van der Waals surface area contributed by atoms with Crippen LogP contribution in [0.15, 0.2) is 89.7 Å². The average Bonchev–Trinajstić information content (AvgIpc) is 3.42. The lowest BCUT2D eigenvalue weighted by Gasteiger charge is -2.30. The van der Waals surface area contributed by atoms with E-state index < -0.39 is 0 Å². The second-order valence-electron chi connectivity index (χ2n) is 9.62. The van der Waals surface area contributed by atoms with Crippen LogP contribution in [0.25, 0.3) is 10.9 Å². The van der Waals surface area contributed by atoms with Crippen LogP contribution < -0.4 is 10.3 Å². The number of fused-ring (bicyclic) bond motifs is 1. The van der Waals surface area contributed by atoms with Crippen molar-refractivity contribution in [2.24, 2.45) is 0 Å². The summed E-state index contributed by atoms with van der Waals surface area (Å²) in [6, 6.07) is 28.3. The Morgan fingerprint density at radius 2 is 1.67 bits per heavy atom. The summed E-state index contributed by atoms with van der Waals surface area (Å²) in [7, 11) is 0. The molecule has 0 spiro atoms. The molecule has 5 rings (SSSR count). The average molecular weight is 523 g/mol.